The van der Waals surface area contributed by atoms with E-state index >= 15 is 0 Å². The summed E-state index contributed by atoms with van der Waals surface area (Å²) >= 11 is 1.14. The fraction of sp³-hybridized carbons (Fsp3) is 0.536. The minimum absolute atomic E-state index is 0.00296. The van der Waals surface area contributed by atoms with Gasteiger partial charge in [0.2, 0.25) is 29.6 Å². The van der Waals surface area contributed by atoms with E-state index in [1.54, 1.807) is 0 Å². The number of phenolic OH excluding ortho intramolecular Hbond substituents is 1. The number of nitrogens with one attached hydrogen (secondary N) is 11. The van der Waals surface area contributed by atoms with Crippen molar-refractivity contribution >= 4 is 162 Å². The molecule has 2 aromatic carbocycles. The number of piperidine rings is 1. The number of rotatable bonds is 57. The summed E-state index contributed by atoms with van der Waals surface area (Å²) in [5.41, 5.74) is 15.8. The fourth-order valence-corrected chi connectivity index (χ4v) is 16.9. The lowest BCUT2D eigenvalue weighted by Gasteiger charge is -2.39. The Morgan fingerprint density at radius 1 is 0.697 bits per heavy atom. The van der Waals surface area contributed by atoms with Gasteiger partial charge in [-0.2, -0.15) is 4.98 Å². The van der Waals surface area contributed by atoms with Crippen molar-refractivity contribution in [2.45, 2.75) is 212 Å². The van der Waals surface area contributed by atoms with Crippen LogP contribution in [0.3, 0.4) is 0 Å². The van der Waals surface area contributed by atoms with Crippen molar-refractivity contribution in [3.8, 4) is 5.75 Å². The average molecular weight is 1900 g/mol. The van der Waals surface area contributed by atoms with Gasteiger partial charge in [0.15, 0.2) is 35.4 Å². The summed E-state index contributed by atoms with van der Waals surface area (Å²) in [6, 6.07) is 2.28. The van der Waals surface area contributed by atoms with Crippen molar-refractivity contribution in [1.29, 1.82) is 5.41 Å². The van der Waals surface area contributed by atoms with Gasteiger partial charge in [-0.05, 0) is 112 Å². The Labute approximate surface area is 769 Å². The number of amides is 8. The number of carboxylic acid groups (broad SMARTS) is 5. The third-order valence-corrected chi connectivity index (χ3v) is 25.0. The summed E-state index contributed by atoms with van der Waals surface area (Å²) in [6.45, 7) is 11.3. The number of esters is 1. The molecule has 0 bridgehead atoms. The van der Waals surface area contributed by atoms with Crippen LogP contribution in [-0.4, -0.2) is 259 Å². The van der Waals surface area contributed by atoms with Crippen LogP contribution >= 0.6 is 32.9 Å². The molecule has 1 aliphatic rings. The number of aromatic nitrogens is 5. The predicted molar refractivity (Wildman–Crippen MR) is 480 cm³/mol. The monoisotopic (exact) mass is 1900 g/mol. The maximum atomic E-state index is 14.9. The van der Waals surface area contributed by atoms with Crippen molar-refractivity contribution in [2.24, 2.45) is 35.3 Å². The molecule has 132 heavy (non-hydrogen) atoms. The lowest BCUT2D eigenvalue weighted by Crippen LogP contribution is -2.59. The number of ether oxygens (including phenoxy) is 2. The maximum Gasteiger partial charge on any atom is 0.426 e. The number of aromatic amines is 1. The van der Waals surface area contributed by atoms with Crippen molar-refractivity contribution in [2.75, 3.05) is 56.0 Å². The predicted octanol–water partition coefficient (Wildman–Crippen LogP) is 3.34. The van der Waals surface area contributed by atoms with Gasteiger partial charge in [-0.1, -0.05) is 88.1 Å². The van der Waals surface area contributed by atoms with Crippen molar-refractivity contribution in [3.63, 3.8) is 0 Å². The number of hydrogen-bond donors (Lipinski definition) is 19. The van der Waals surface area contributed by atoms with E-state index in [2.05, 4.69) is 73.0 Å². The first-order valence-electron chi connectivity index (χ1n) is 42.6. The van der Waals surface area contributed by atoms with Crippen LogP contribution in [0, 0.1) is 35.0 Å². The number of carbonyl (C=O) groups is 17. The normalized spacial score (nSPS) is 15.0. The number of hydrazine groups is 1. The van der Waals surface area contributed by atoms with Crippen molar-refractivity contribution in [3.05, 3.63) is 98.0 Å². The van der Waals surface area contributed by atoms with Crippen molar-refractivity contribution < 1.29 is 122 Å². The number of H-pyrrole nitrogens is 1. The molecule has 48 heteroatoms. The van der Waals surface area contributed by atoms with Crippen molar-refractivity contribution in [1.82, 2.24) is 77.5 Å². The molecule has 1 aliphatic heterocycles. The average Bonchev–Trinajstić information content (AvgIpc) is 1.12. The molecule has 1 fully saturated rings. The number of likely N-dealkylation sites (N-methyl/N-ethyl adjacent to an activating group) is 1. The molecule has 720 valence electrons. The van der Waals surface area contributed by atoms with E-state index in [1.165, 1.54) is 65.0 Å². The number of nitrogen functional groups attached to an aromatic ring is 1. The number of benzene rings is 2. The number of aromatic hydroxyl groups is 1. The van der Waals surface area contributed by atoms with Crippen LogP contribution < -0.4 is 65.1 Å². The number of anilines is 2. The van der Waals surface area contributed by atoms with Gasteiger partial charge >= 0.3 is 41.9 Å². The molecule has 0 saturated carbocycles. The van der Waals surface area contributed by atoms with E-state index in [9.17, 15) is 117 Å². The zero-order chi connectivity index (χ0) is 97.6. The number of phenols is 1. The van der Waals surface area contributed by atoms with Gasteiger partial charge in [0.1, 0.15) is 42.0 Å². The standard InChI is InChI=1S/C84H115N19O26S3/c1-8-13-67(114)129-42-103(79(122)68(44(5)9-2)97-76(120)60-15-10-11-27-102(60)7)61(43(3)4)30-45(6)78-96-59(41-130-78)74(118)95-58(31-46-16-22-53(104)23-17-46)75(119)100-101-84(127)128-28-29-131-132-40-50(80(123)124)34-63(107)57(37-66(112)113)94-73(117)49(35-64(108)109)33-62(106)56(36-65(110)111)93-72(116)48(14-12-26-88-82(85)86)32-54(105)24-25-55(81(125)126)92-71(115)47-18-20-51(21-19-47)89-38-52-39-90-70-69(91-52)77(121)99-83(87)98-70/h16-23,39,41,43-45,48-50,55-58,60-61,68,89,104H,8-15,24-38,40,42H2,1-7H3,(H,92,115)(H,93,116)(H,94,117)(H,95,118)(H,97,120)(H,100,119)(H,101,127)(H,108,109)(H,110,111)(H,112,113)(H,123,124)(H,125,126)(H4,85,86,88)(H3,87,90,98,99,121)/t44-,45+,48-,49+,50+,55+,56+,57+,58-,60+,61+,68?/m0/s1. The molecule has 3 aromatic heterocycles. The topological polar surface area (TPSA) is 705 Å². The number of nitrogens with two attached hydrogens (primary N) is 2. The highest BCUT2D eigenvalue weighted by atomic mass is 33.1. The van der Waals surface area contributed by atoms with Crippen LogP contribution in [0.2, 0.25) is 0 Å². The number of aliphatic carboxylic acids is 5. The van der Waals surface area contributed by atoms with Crippen LogP contribution in [0.15, 0.2) is 64.9 Å². The number of ketones is 3. The molecule has 12 atom stereocenters. The molecule has 8 amide bonds. The fourth-order valence-electron chi connectivity index (χ4n) is 13.9. The maximum absolute atomic E-state index is 14.9. The molecule has 0 radical (unpaired) electrons. The molecular weight excluding hydrogens is 1790 g/mol. The highest BCUT2D eigenvalue weighted by Gasteiger charge is 2.41. The van der Waals surface area contributed by atoms with Crippen LogP contribution in [-0.2, 0) is 89.6 Å². The summed E-state index contributed by atoms with van der Waals surface area (Å²) in [5.74, 6) is -24.9. The molecule has 1 unspecified atom stereocenters. The first-order valence-corrected chi connectivity index (χ1v) is 45.9. The number of guanidine groups is 1. The van der Waals surface area contributed by atoms with Crippen LogP contribution in [0.25, 0.3) is 11.2 Å². The second kappa shape index (κ2) is 54.0. The quantitative estimate of drug-likeness (QED) is 0.00505. The second-order valence-electron chi connectivity index (χ2n) is 32.1. The highest BCUT2D eigenvalue weighted by Crippen LogP contribution is 2.32. The number of fused-ring (bicyclic) bond motifs is 1. The molecular formula is C84H115N19O26S3. The Kier molecular flexibility index (Phi) is 44.1. The zero-order valence-corrected chi connectivity index (χ0v) is 76.3. The first-order chi connectivity index (χ1) is 62.5. The van der Waals surface area contributed by atoms with Gasteiger partial charge in [-0.3, -0.25) is 97.4 Å². The van der Waals surface area contributed by atoms with E-state index in [0.29, 0.717) is 41.2 Å². The van der Waals surface area contributed by atoms with E-state index < -0.39 is 224 Å². The smallest absolute Gasteiger partial charge is 0.426 e. The summed E-state index contributed by atoms with van der Waals surface area (Å²) in [7, 11) is 3.68. The van der Waals surface area contributed by atoms with E-state index in [1.807, 2.05) is 53.5 Å². The number of carbonyl (C=O) groups excluding carboxylic acids is 12. The molecule has 0 aliphatic carbocycles. The van der Waals surface area contributed by atoms with Crippen LogP contribution in [0.4, 0.5) is 16.4 Å². The Bertz CT molecular complexity index is 4970. The van der Waals surface area contributed by atoms with Gasteiger partial charge in [-0.15, -0.1) is 11.3 Å². The number of nitrogens with zero attached hydrogens (tertiary/aromatic N) is 6. The molecule has 0 spiro atoms. The lowest BCUT2D eigenvalue weighted by atomic mass is 9.90. The van der Waals surface area contributed by atoms with E-state index in [-0.39, 0.29) is 122 Å². The Balaban J connectivity index is 1.01. The number of hydrogen-bond acceptors (Lipinski definition) is 32. The molecule has 4 heterocycles. The Hall–Kier alpha value is -13.0. The molecule has 5 aromatic rings. The number of carboxylic acids is 5. The second-order valence-corrected chi connectivity index (χ2v) is 35.6. The first kappa shape index (κ1) is 108. The Morgan fingerprint density at radius 3 is 1.95 bits per heavy atom. The molecule has 6 rings (SSSR count). The van der Waals surface area contributed by atoms with Gasteiger partial charge in [0.05, 0.1) is 72.7 Å². The number of Topliss-reactive ketones (excluding diaryl/α,β-unsaturated/α-hetero) is 3. The summed E-state index contributed by atoms with van der Waals surface area (Å²) < 4.78 is 10.9. The summed E-state index contributed by atoms with van der Waals surface area (Å²) in [6.07, 6.45) is -3.78. The zero-order valence-electron chi connectivity index (χ0n) is 73.9. The SMILES string of the molecule is CCCC(=O)OCN(C(=O)C(NC(=O)[C@H]1CCCCN1C)[C@@H](C)CC)[C@H](C[C@@H](C)c1nc(C(=O)N[C@@H](Cc2ccc(O)cc2)C(=O)NNC(=O)OCCSSC[C@@H](CC(=O)[C@@H](CC(=O)O)NC(=O)[C@@H](CC(=O)O)CC(=O)[C@@H](CC(=O)O)NC(=O)[C@@H](CCCNC(=N)N)CC(=O)CC[C@@H](NC(=O)c2ccc(NCc3cnc4nc(N)[nH]c(=O)c4n3)cc2)C(=O)O)C(=O)O)cs1)C(C)C. The molecule has 45 nitrogen and oxygen atoms in total. The number of likely N-dealkylation sites (tertiary alicyclic amines) is 1. The van der Waals surface area contributed by atoms with Gasteiger partial charge in [-0.25, -0.2) is 30.0 Å². The van der Waals surface area contributed by atoms with Gasteiger partial charge < -0.3 is 93.7 Å². The minimum Gasteiger partial charge on any atom is -0.508 e. The van der Waals surface area contributed by atoms with E-state index in [0.717, 1.165) is 52.3 Å². The van der Waals surface area contributed by atoms with Gasteiger partial charge in [0.25, 0.3) is 23.3 Å². The largest absolute Gasteiger partial charge is 0.508 e. The molecule has 21 N–H and O–H groups in total. The molecule has 1 saturated heterocycles. The van der Waals surface area contributed by atoms with E-state index in [4.69, 9.17) is 26.4 Å². The lowest BCUT2D eigenvalue weighted by molar-refractivity contribution is -0.159. The highest BCUT2D eigenvalue weighted by molar-refractivity contribution is 8.76. The minimum atomic E-state index is -2.06. The third kappa shape index (κ3) is 36.0. The third-order valence-electron chi connectivity index (χ3n) is 21.4. The summed E-state index contributed by atoms with van der Waals surface area (Å²) in [4.78, 5) is 262. The van der Waals surface area contributed by atoms with Gasteiger partial charge in [0, 0.05) is 91.1 Å². The number of thiazole rings is 1. The van der Waals surface area contributed by atoms with Crippen LogP contribution in [0.5, 0.6) is 5.75 Å². The van der Waals surface area contributed by atoms with Crippen LogP contribution in [0.1, 0.15) is 194 Å². The Morgan fingerprint density at radius 2 is 1.34 bits per heavy atom. The summed E-state index contributed by atoms with van der Waals surface area (Å²) in [5, 5.41) is 87.2.